The summed E-state index contributed by atoms with van der Waals surface area (Å²) in [6.07, 6.45) is 2.64. The van der Waals surface area contributed by atoms with E-state index >= 15 is 0 Å². The fraction of sp³-hybridized carbons (Fsp3) is 0.423. The minimum atomic E-state index is -4.02. The molecule has 6 atom stereocenters. The molecule has 0 spiro atoms. The summed E-state index contributed by atoms with van der Waals surface area (Å²) < 4.78 is 38.0. The van der Waals surface area contributed by atoms with Gasteiger partial charge in [0.1, 0.15) is 18.0 Å². The van der Waals surface area contributed by atoms with Crippen LogP contribution < -0.4 is 15.8 Å². The summed E-state index contributed by atoms with van der Waals surface area (Å²) in [5.74, 6) is 1.07. The number of para-hydroxylation sites is 1. The molecule has 0 aliphatic carbocycles. The largest absolute Gasteiger partial charge is 0.463 e. The first-order chi connectivity index (χ1) is 18.9. The van der Waals surface area contributed by atoms with Gasteiger partial charge in [0.25, 0.3) is 5.56 Å². The molecule has 12 nitrogen and oxygen atoms in total. The molecule has 14 heteroatoms. The second-order valence-corrected chi connectivity index (χ2v) is 12.3. The minimum Gasteiger partial charge on any atom is -0.463 e. The molecule has 214 valence electrons. The monoisotopic (exact) mass is 592 g/mol. The molecule has 0 bridgehead atoms. The summed E-state index contributed by atoms with van der Waals surface area (Å²) in [5.41, 5.74) is 5.36. The second-order valence-electron chi connectivity index (χ2n) is 9.68. The SMILES string of the molecule is C#CC1(Cl)[C@@H](O)[C@@H](CO[P@@](=O)(C[C@@H](C)C(=O)OC(C)C)Oc2ccccc2)O[C@H]1n1ccc2c(=O)[nH]c(N)nc21. The Hall–Kier alpha value is -3.33. The molecule has 1 aliphatic heterocycles. The van der Waals surface area contributed by atoms with Crippen molar-refractivity contribution in [3.63, 3.8) is 0 Å². The number of nitrogens with zero attached hydrogens (tertiary/aromatic N) is 2. The highest BCUT2D eigenvalue weighted by molar-refractivity contribution is 7.54. The molecule has 1 aliphatic rings. The van der Waals surface area contributed by atoms with Crippen LogP contribution in [0.2, 0.25) is 0 Å². The van der Waals surface area contributed by atoms with Gasteiger partial charge in [-0.2, -0.15) is 4.98 Å². The van der Waals surface area contributed by atoms with Crippen LogP contribution in [0.15, 0.2) is 47.4 Å². The van der Waals surface area contributed by atoms with Gasteiger partial charge in [-0.1, -0.05) is 42.6 Å². The summed E-state index contributed by atoms with van der Waals surface area (Å²) in [5, 5.41) is 11.3. The molecule has 3 aromatic rings. The van der Waals surface area contributed by atoms with Gasteiger partial charge in [-0.05, 0) is 32.0 Å². The lowest BCUT2D eigenvalue weighted by Crippen LogP contribution is -2.41. The van der Waals surface area contributed by atoms with E-state index in [0.29, 0.717) is 0 Å². The fourth-order valence-corrected chi connectivity index (χ4v) is 6.43. The van der Waals surface area contributed by atoms with Crippen LogP contribution in [0.25, 0.3) is 11.0 Å². The Morgan fingerprint density at radius 3 is 2.70 bits per heavy atom. The number of fused-ring (bicyclic) bond motifs is 1. The number of terminal acetylenes is 1. The first-order valence-electron chi connectivity index (χ1n) is 12.4. The van der Waals surface area contributed by atoms with E-state index in [1.165, 1.54) is 16.8 Å². The molecule has 1 unspecified atom stereocenters. The number of nitrogens with one attached hydrogen (secondary N) is 1. The lowest BCUT2D eigenvalue weighted by Gasteiger charge is -2.26. The van der Waals surface area contributed by atoms with Crippen molar-refractivity contribution in [2.45, 2.75) is 50.2 Å². The summed E-state index contributed by atoms with van der Waals surface area (Å²) in [4.78, 5) is 29.5. The second kappa shape index (κ2) is 11.6. The van der Waals surface area contributed by atoms with Gasteiger partial charge >= 0.3 is 13.6 Å². The van der Waals surface area contributed by atoms with Gasteiger partial charge < -0.3 is 29.4 Å². The number of nitrogen functional groups attached to an aromatic ring is 1. The number of nitrogens with two attached hydrogens (primary N) is 1. The molecule has 4 N–H and O–H groups in total. The molecular weight excluding hydrogens is 563 g/mol. The highest BCUT2D eigenvalue weighted by Gasteiger charge is 2.56. The van der Waals surface area contributed by atoms with E-state index in [9.17, 15) is 19.3 Å². The molecule has 40 heavy (non-hydrogen) atoms. The Balaban J connectivity index is 1.59. The Morgan fingerprint density at radius 2 is 2.05 bits per heavy atom. The van der Waals surface area contributed by atoms with Crippen LogP contribution >= 0.6 is 19.2 Å². The predicted octanol–water partition coefficient (Wildman–Crippen LogP) is 3.05. The van der Waals surface area contributed by atoms with Crippen LogP contribution in [-0.4, -0.2) is 61.6 Å². The molecule has 0 radical (unpaired) electrons. The molecule has 4 rings (SSSR count). The number of carbonyl (C=O) groups excluding carboxylic acids is 1. The van der Waals surface area contributed by atoms with E-state index in [0.717, 1.165) is 0 Å². The third-order valence-electron chi connectivity index (χ3n) is 6.19. The van der Waals surface area contributed by atoms with Crippen molar-refractivity contribution < 1.29 is 33.0 Å². The molecule has 3 heterocycles. The molecule has 1 fully saturated rings. The van der Waals surface area contributed by atoms with E-state index in [4.69, 9.17) is 42.3 Å². The average Bonchev–Trinajstić information content (AvgIpc) is 3.42. The quantitative estimate of drug-likeness (QED) is 0.138. The third-order valence-corrected chi connectivity index (χ3v) is 8.74. The highest BCUT2D eigenvalue weighted by atomic mass is 35.5. The van der Waals surface area contributed by atoms with Gasteiger partial charge in [0.05, 0.1) is 30.2 Å². The van der Waals surface area contributed by atoms with Crippen molar-refractivity contribution in [1.82, 2.24) is 14.5 Å². The number of anilines is 1. The van der Waals surface area contributed by atoms with Gasteiger partial charge in [-0.3, -0.25) is 19.1 Å². The number of alkyl halides is 1. The van der Waals surface area contributed by atoms with Crippen molar-refractivity contribution in [3.8, 4) is 18.1 Å². The zero-order valence-electron chi connectivity index (χ0n) is 22.0. The Morgan fingerprint density at radius 1 is 1.35 bits per heavy atom. The van der Waals surface area contributed by atoms with Crippen LogP contribution in [0.1, 0.15) is 27.0 Å². The number of aromatic nitrogens is 3. The lowest BCUT2D eigenvalue weighted by molar-refractivity contribution is -0.151. The number of halogens is 1. The van der Waals surface area contributed by atoms with E-state index in [1.54, 1.807) is 51.1 Å². The third kappa shape index (κ3) is 6.04. The van der Waals surface area contributed by atoms with Crippen LogP contribution in [0, 0.1) is 18.3 Å². The number of ether oxygens (including phenoxy) is 2. The normalized spacial score (nSPS) is 24.9. The van der Waals surface area contributed by atoms with Gasteiger partial charge in [-0.15, -0.1) is 6.42 Å². The van der Waals surface area contributed by atoms with Crippen molar-refractivity contribution >= 4 is 42.1 Å². The maximum Gasteiger partial charge on any atom is 0.380 e. The van der Waals surface area contributed by atoms with Crippen LogP contribution in [0.4, 0.5) is 5.95 Å². The van der Waals surface area contributed by atoms with Crippen LogP contribution in [-0.2, 0) is 23.4 Å². The Labute approximate surface area is 235 Å². The highest BCUT2D eigenvalue weighted by Crippen LogP contribution is 2.52. The number of rotatable bonds is 10. The zero-order valence-corrected chi connectivity index (χ0v) is 23.7. The average molecular weight is 593 g/mol. The van der Waals surface area contributed by atoms with Gasteiger partial charge in [-0.25, -0.2) is 4.57 Å². The summed E-state index contributed by atoms with van der Waals surface area (Å²) in [6.45, 7) is 4.49. The van der Waals surface area contributed by atoms with Gasteiger partial charge in [0.15, 0.2) is 16.7 Å². The number of H-pyrrole nitrogens is 1. The molecular formula is C26H30ClN4O8P. The molecule has 2 aromatic heterocycles. The number of benzene rings is 1. The summed E-state index contributed by atoms with van der Waals surface area (Å²) in [6, 6.07) is 9.78. The number of hydrogen-bond acceptors (Lipinski definition) is 10. The maximum absolute atomic E-state index is 13.9. The molecule has 0 amide bonds. The zero-order chi connectivity index (χ0) is 29.2. The molecule has 0 saturated carbocycles. The first-order valence-corrected chi connectivity index (χ1v) is 14.5. The van der Waals surface area contributed by atoms with Crippen LogP contribution in [0.3, 0.4) is 0 Å². The van der Waals surface area contributed by atoms with Crippen molar-refractivity contribution in [2.24, 2.45) is 5.92 Å². The fourth-order valence-electron chi connectivity index (χ4n) is 4.26. The standard InChI is InChI=1S/C26H30ClN4O8P/c1-5-26(27)20(32)19(38-24(26)31-12-11-18-21(31)29-25(28)30-22(18)33)13-36-40(35,39-17-9-7-6-8-10-17)14-16(4)23(34)37-15(2)3/h1,6-12,15-16,19-20,24,32H,13-14H2,2-4H3,(H3,28,29,30,33)/t16-,19-,20+,24-,26?,40+/m1/s1. The van der Waals surface area contributed by atoms with Crippen molar-refractivity contribution in [3.05, 3.63) is 52.9 Å². The first kappa shape index (κ1) is 29.6. The Bertz CT molecular complexity index is 1520. The number of aliphatic hydroxyl groups excluding tert-OH is 1. The number of aromatic amines is 1. The van der Waals surface area contributed by atoms with Crippen molar-refractivity contribution in [2.75, 3.05) is 18.5 Å². The smallest absolute Gasteiger partial charge is 0.380 e. The number of aliphatic hydroxyl groups is 1. The van der Waals surface area contributed by atoms with E-state index in [-0.39, 0.29) is 35.0 Å². The van der Waals surface area contributed by atoms with Gasteiger partial charge in [0.2, 0.25) is 5.95 Å². The molecule has 1 saturated heterocycles. The molecule has 1 aromatic carbocycles. The minimum absolute atomic E-state index is 0.135. The number of carbonyl (C=O) groups is 1. The van der Waals surface area contributed by atoms with E-state index < -0.39 is 55.0 Å². The van der Waals surface area contributed by atoms with Gasteiger partial charge in [0, 0.05) is 6.20 Å². The Kier molecular flexibility index (Phi) is 8.63. The maximum atomic E-state index is 13.9. The number of hydrogen-bond donors (Lipinski definition) is 3. The van der Waals surface area contributed by atoms with E-state index in [1.807, 2.05) is 0 Å². The lowest BCUT2D eigenvalue weighted by atomic mass is 9.99. The topological polar surface area (TPSA) is 168 Å². The van der Waals surface area contributed by atoms with Crippen LogP contribution in [0.5, 0.6) is 5.75 Å². The predicted molar refractivity (Wildman–Crippen MR) is 148 cm³/mol. The van der Waals surface area contributed by atoms with Crippen molar-refractivity contribution in [1.29, 1.82) is 0 Å². The number of esters is 1. The summed E-state index contributed by atoms with van der Waals surface area (Å²) in [7, 11) is -4.02. The summed E-state index contributed by atoms with van der Waals surface area (Å²) >= 11 is 6.70. The van der Waals surface area contributed by atoms with E-state index in [2.05, 4.69) is 15.9 Å².